The second kappa shape index (κ2) is 8.79. The van der Waals surface area contributed by atoms with Crippen molar-refractivity contribution in [2.24, 2.45) is 5.92 Å². The molecule has 0 aliphatic carbocycles. The van der Waals surface area contributed by atoms with Crippen LogP contribution in [0.15, 0.2) is 11.8 Å². The average molecular weight is 241 g/mol. The third-order valence-corrected chi connectivity index (χ3v) is 2.25. The maximum absolute atomic E-state index is 11.4. The van der Waals surface area contributed by atoms with Crippen molar-refractivity contribution >= 4 is 11.9 Å². The third-order valence-electron chi connectivity index (χ3n) is 2.25. The Morgan fingerprint density at radius 1 is 1.29 bits per heavy atom. The molecule has 0 heterocycles. The number of amides is 1. The fourth-order valence-electron chi connectivity index (χ4n) is 1.40. The summed E-state index contributed by atoms with van der Waals surface area (Å²) in [5, 5.41) is 11.4. The second-order valence-corrected chi connectivity index (χ2v) is 4.56. The maximum atomic E-state index is 11.4. The Morgan fingerprint density at radius 3 is 2.41 bits per heavy atom. The largest absolute Gasteiger partial charge is 0.477 e. The molecule has 2 N–H and O–H groups in total. The van der Waals surface area contributed by atoms with Crippen LogP contribution in [0.1, 0.15) is 52.9 Å². The van der Waals surface area contributed by atoms with E-state index in [9.17, 15) is 9.59 Å². The quantitative estimate of drug-likeness (QED) is 0.507. The van der Waals surface area contributed by atoms with Crippen molar-refractivity contribution in [3.63, 3.8) is 0 Å². The Bertz CT molecular complexity index is 282. The summed E-state index contributed by atoms with van der Waals surface area (Å²) < 4.78 is 0. The van der Waals surface area contributed by atoms with Crippen molar-refractivity contribution in [1.82, 2.24) is 5.32 Å². The maximum Gasteiger partial charge on any atom is 0.352 e. The first-order valence-electron chi connectivity index (χ1n) is 6.20. The van der Waals surface area contributed by atoms with Crippen LogP contribution in [0.25, 0.3) is 0 Å². The molecule has 0 unspecified atom stereocenters. The number of allylic oxidation sites excluding steroid dienone is 1. The molecule has 4 nitrogen and oxygen atoms in total. The molecule has 0 aromatic rings. The van der Waals surface area contributed by atoms with Crippen LogP contribution >= 0.6 is 0 Å². The second-order valence-electron chi connectivity index (χ2n) is 4.56. The zero-order valence-electron chi connectivity index (χ0n) is 11.0. The SMILES string of the molecule is CCCCC/C=C(\NC(=O)CC(C)C)C(=O)O. The fourth-order valence-corrected chi connectivity index (χ4v) is 1.40. The number of aliphatic carboxylic acids is 1. The zero-order valence-corrected chi connectivity index (χ0v) is 11.0. The molecule has 1 amide bonds. The summed E-state index contributed by atoms with van der Waals surface area (Å²) in [7, 11) is 0. The molecule has 0 spiro atoms. The number of carbonyl (C=O) groups is 2. The van der Waals surface area contributed by atoms with Gasteiger partial charge in [0.1, 0.15) is 5.70 Å². The van der Waals surface area contributed by atoms with Gasteiger partial charge in [0.05, 0.1) is 0 Å². The van der Waals surface area contributed by atoms with Gasteiger partial charge in [-0.2, -0.15) is 0 Å². The van der Waals surface area contributed by atoms with E-state index in [2.05, 4.69) is 12.2 Å². The lowest BCUT2D eigenvalue weighted by Crippen LogP contribution is -2.28. The number of nitrogens with one attached hydrogen (secondary N) is 1. The number of rotatable bonds is 8. The van der Waals surface area contributed by atoms with Crippen LogP contribution in [0.2, 0.25) is 0 Å². The van der Waals surface area contributed by atoms with E-state index in [1.54, 1.807) is 6.08 Å². The molecular weight excluding hydrogens is 218 g/mol. The molecule has 4 heteroatoms. The molecule has 0 bridgehead atoms. The van der Waals surface area contributed by atoms with Gasteiger partial charge in [-0.15, -0.1) is 0 Å². The first-order valence-corrected chi connectivity index (χ1v) is 6.20. The van der Waals surface area contributed by atoms with Crippen molar-refractivity contribution in [2.75, 3.05) is 0 Å². The lowest BCUT2D eigenvalue weighted by molar-refractivity contribution is -0.134. The topological polar surface area (TPSA) is 66.4 Å². The van der Waals surface area contributed by atoms with Crippen LogP contribution in [-0.2, 0) is 9.59 Å². The molecule has 0 aliphatic heterocycles. The summed E-state index contributed by atoms with van der Waals surface area (Å²) in [4.78, 5) is 22.3. The lowest BCUT2D eigenvalue weighted by Gasteiger charge is -2.07. The highest BCUT2D eigenvalue weighted by atomic mass is 16.4. The Kier molecular flexibility index (Phi) is 8.11. The van der Waals surface area contributed by atoms with Crippen molar-refractivity contribution in [3.05, 3.63) is 11.8 Å². The van der Waals surface area contributed by atoms with Crippen LogP contribution in [-0.4, -0.2) is 17.0 Å². The van der Waals surface area contributed by atoms with E-state index in [0.29, 0.717) is 12.8 Å². The molecule has 17 heavy (non-hydrogen) atoms. The van der Waals surface area contributed by atoms with E-state index in [1.165, 1.54) is 0 Å². The minimum atomic E-state index is -1.07. The van der Waals surface area contributed by atoms with Gasteiger partial charge in [-0.05, 0) is 18.8 Å². The van der Waals surface area contributed by atoms with Gasteiger partial charge in [-0.25, -0.2) is 4.79 Å². The van der Waals surface area contributed by atoms with Gasteiger partial charge in [0.15, 0.2) is 0 Å². The van der Waals surface area contributed by atoms with Crippen LogP contribution in [0, 0.1) is 5.92 Å². The van der Waals surface area contributed by atoms with Crippen LogP contribution in [0.4, 0.5) is 0 Å². The first kappa shape index (κ1) is 15.7. The monoisotopic (exact) mass is 241 g/mol. The van der Waals surface area contributed by atoms with Crippen molar-refractivity contribution in [3.8, 4) is 0 Å². The summed E-state index contributed by atoms with van der Waals surface area (Å²) in [6, 6.07) is 0. The lowest BCUT2D eigenvalue weighted by atomic mass is 10.1. The van der Waals surface area contributed by atoms with Gasteiger partial charge in [0, 0.05) is 6.42 Å². The highest BCUT2D eigenvalue weighted by Gasteiger charge is 2.11. The van der Waals surface area contributed by atoms with Gasteiger partial charge >= 0.3 is 5.97 Å². The van der Waals surface area contributed by atoms with E-state index in [0.717, 1.165) is 19.3 Å². The minimum absolute atomic E-state index is 0.00625. The molecule has 0 rings (SSSR count). The molecule has 0 aromatic carbocycles. The van der Waals surface area contributed by atoms with E-state index >= 15 is 0 Å². The molecule has 0 aliphatic rings. The average Bonchev–Trinajstić information content (AvgIpc) is 2.21. The van der Waals surface area contributed by atoms with Gasteiger partial charge in [-0.1, -0.05) is 39.7 Å². The van der Waals surface area contributed by atoms with Gasteiger partial charge in [-0.3, -0.25) is 4.79 Å². The van der Waals surface area contributed by atoms with Crippen LogP contribution in [0.3, 0.4) is 0 Å². The zero-order chi connectivity index (χ0) is 13.3. The number of carbonyl (C=O) groups excluding carboxylic acids is 1. The Labute approximate surface area is 103 Å². The van der Waals surface area contributed by atoms with Gasteiger partial charge < -0.3 is 10.4 Å². The molecule has 0 radical (unpaired) electrons. The summed E-state index contributed by atoms with van der Waals surface area (Å²) in [6.07, 6.45) is 5.75. The number of carboxylic acid groups (broad SMARTS) is 1. The molecule has 0 saturated heterocycles. The predicted octanol–water partition coefficient (Wildman–Crippen LogP) is 2.70. The Balaban J connectivity index is 4.23. The molecular formula is C13H23NO3. The molecule has 0 fully saturated rings. The van der Waals surface area contributed by atoms with Crippen molar-refractivity contribution in [1.29, 1.82) is 0 Å². The number of unbranched alkanes of at least 4 members (excludes halogenated alkanes) is 3. The Morgan fingerprint density at radius 2 is 1.94 bits per heavy atom. The smallest absolute Gasteiger partial charge is 0.352 e. The molecule has 98 valence electrons. The van der Waals surface area contributed by atoms with Crippen molar-refractivity contribution in [2.45, 2.75) is 52.9 Å². The number of hydrogen-bond donors (Lipinski definition) is 2. The first-order chi connectivity index (χ1) is 7.97. The van der Waals surface area contributed by atoms with E-state index in [1.807, 2.05) is 13.8 Å². The van der Waals surface area contributed by atoms with Crippen LogP contribution < -0.4 is 5.32 Å². The normalized spacial score (nSPS) is 11.6. The highest BCUT2D eigenvalue weighted by Crippen LogP contribution is 2.04. The predicted molar refractivity (Wildman–Crippen MR) is 67.5 cm³/mol. The molecule has 0 aromatic heterocycles. The van der Waals surface area contributed by atoms with Gasteiger partial charge in [0.2, 0.25) is 5.91 Å². The van der Waals surface area contributed by atoms with E-state index in [-0.39, 0.29) is 17.5 Å². The highest BCUT2D eigenvalue weighted by molar-refractivity contribution is 5.92. The van der Waals surface area contributed by atoms with Gasteiger partial charge in [0.25, 0.3) is 0 Å². The standard InChI is InChI=1S/C13H23NO3/c1-4-5-6-7-8-11(13(16)17)14-12(15)9-10(2)3/h8,10H,4-7,9H2,1-3H3,(H,14,15)(H,16,17)/b11-8-. The number of carboxylic acids is 1. The summed E-state index contributed by atoms with van der Waals surface area (Å²) in [5.74, 6) is -1.08. The number of hydrogen-bond acceptors (Lipinski definition) is 2. The van der Waals surface area contributed by atoms with E-state index < -0.39 is 5.97 Å². The Hall–Kier alpha value is -1.32. The summed E-state index contributed by atoms with van der Waals surface area (Å²) in [6.45, 7) is 5.93. The van der Waals surface area contributed by atoms with Crippen molar-refractivity contribution < 1.29 is 14.7 Å². The summed E-state index contributed by atoms with van der Waals surface area (Å²) >= 11 is 0. The minimum Gasteiger partial charge on any atom is -0.477 e. The third kappa shape index (κ3) is 8.48. The molecule has 0 saturated carbocycles. The summed E-state index contributed by atoms with van der Waals surface area (Å²) in [5.41, 5.74) is 0.00625. The fraction of sp³-hybridized carbons (Fsp3) is 0.692. The molecule has 0 atom stereocenters. The van der Waals surface area contributed by atoms with Crippen LogP contribution in [0.5, 0.6) is 0 Å². The van der Waals surface area contributed by atoms with E-state index in [4.69, 9.17) is 5.11 Å².